The van der Waals surface area contributed by atoms with Crippen LogP contribution < -0.4 is 0 Å². The van der Waals surface area contributed by atoms with Crippen molar-refractivity contribution in [1.29, 1.82) is 5.26 Å². The van der Waals surface area contributed by atoms with E-state index < -0.39 is 0 Å². The highest BCUT2D eigenvalue weighted by Crippen LogP contribution is 1.89. The van der Waals surface area contributed by atoms with Crippen molar-refractivity contribution in [3.8, 4) is 6.07 Å². The summed E-state index contributed by atoms with van der Waals surface area (Å²) in [5, 5.41) is 8.17. The Balaban J connectivity index is 3.22. The Morgan fingerprint density at radius 2 is 2.00 bits per heavy atom. The van der Waals surface area contributed by atoms with E-state index in [1.165, 1.54) is 0 Å². The predicted molar refractivity (Wildman–Crippen MR) is 43.4 cm³/mol. The fourth-order valence-electron chi connectivity index (χ4n) is 0.537. The van der Waals surface area contributed by atoms with E-state index in [1.807, 2.05) is 18.2 Å². The molecule has 0 heterocycles. The van der Waals surface area contributed by atoms with Gasteiger partial charge in [0.1, 0.15) is 0 Å². The highest BCUT2D eigenvalue weighted by atomic mass is 14.2. The van der Waals surface area contributed by atoms with Crippen LogP contribution in [0, 0.1) is 11.3 Å². The topological polar surface area (TPSA) is 23.8 Å². The molecule has 0 aliphatic carbocycles. The molecule has 0 aliphatic rings. The van der Waals surface area contributed by atoms with Crippen molar-refractivity contribution in [2.75, 3.05) is 0 Å². The fourth-order valence-corrected chi connectivity index (χ4v) is 0.537. The van der Waals surface area contributed by atoms with Crippen molar-refractivity contribution in [3.63, 3.8) is 0 Å². The molecule has 0 bridgehead atoms. The van der Waals surface area contributed by atoms with Crippen LogP contribution in [-0.4, -0.2) is 0 Å². The van der Waals surface area contributed by atoms with Crippen LogP contribution in [0.4, 0.5) is 0 Å². The van der Waals surface area contributed by atoms with Crippen LogP contribution in [0.1, 0.15) is 26.2 Å². The third kappa shape index (κ3) is 6.97. The minimum Gasteiger partial charge on any atom is -0.198 e. The van der Waals surface area contributed by atoms with Crippen molar-refractivity contribution in [2.45, 2.75) is 26.2 Å². The minimum atomic E-state index is 0.621. The maximum atomic E-state index is 8.17. The number of allylic oxidation sites excluding steroid dienone is 4. The van der Waals surface area contributed by atoms with Gasteiger partial charge in [-0.05, 0) is 12.8 Å². The van der Waals surface area contributed by atoms with Crippen molar-refractivity contribution in [1.82, 2.24) is 0 Å². The molecule has 0 saturated heterocycles. The Morgan fingerprint density at radius 1 is 1.30 bits per heavy atom. The molecule has 0 fully saturated rings. The molecule has 0 N–H and O–H groups in total. The molecule has 0 spiro atoms. The smallest absolute Gasteiger partial charge is 0.0625 e. The van der Waals surface area contributed by atoms with Gasteiger partial charge in [-0.3, -0.25) is 0 Å². The van der Waals surface area contributed by atoms with E-state index >= 15 is 0 Å². The summed E-state index contributed by atoms with van der Waals surface area (Å²) in [5.74, 6) is 0. The Morgan fingerprint density at radius 3 is 2.60 bits per heavy atom. The van der Waals surface area contributed by atoms with Gasteiger partial charge in [-0.15, -0.1) is 0 Å². The van der Waals surface area contributed by atoms with Crippen molar-refractivity contribution in [2.24, 2.45) is 0 Å². The van der Waals surface area contributed by atoms with E-state index in [1.54, 1.807) is 0 Å². The summed E-state index contributed by atoms with van der Waals surface area (Å²) in [4.78, 5) is 0. The van der Waals surface area contributed by atoms with Gasteiger partial charge in [0.15, 0.2) is 0 Å². The van der Waals surface area contributed by atoms with E-state index in [-0.39, 0.29) is 0 Å². The molecule has 0 aromatic carbocycles. The fraction of sp³-hybridized carbons (Fsp3) is 0.444. The molecular weight excluding hydrogens is 122 g/mol. The largest absolute Gasteiger partial charge is 0.198 e. The standard InChI is InChI=1S/C9H13N/c1-2-3-4-5-6-7-8-9-10/h3-6H,2,7-8H2,1H3/b4-3+,6-5+. The third-order valence-corrected chi connectivity index (χ3v) is 1.04. The molecule has 0 radical (unpaired) electrons. The minimum absolute atomic E-state index is 0.621. The summed E-state index contributed by atoms with van der Waals surface area (Å²) < 4.78 is 0. The highest BCUT2D eigenvalue weighted by Gasteiger charge is 1.73. The third-order valence-electron chi connectivity index (χ3n) is 1.04. The maximum Gasteiger partial charge on any atom is 0.0625 e. The van der Waals surface area contributed by atoms with Gasteiger partial charge >= 0.3 is 0 Å². The predicted octanol–water partition coefficient (Wildman–Crippen LogP) is 2.81. The van der Waals surface area contributed by atoms with Crippen LogP contribution in [0.2, 0.25) is 0 Å². The Kier molecular flexibility index (Phi) is 7.15. The quantitative estimate of drug-likeness (QED) is 0.429. The number of rotatable bonds is 4. The normalized spacial score (nSPS) is 10.8. The Hall–Kier alpha value is -1.03. The van der Waals surface area contributed by atoms with Crippen LogP contribution in [0.15, 0.2) is 24.3 Å². The first-order chi connectivity index (χ1) is 4.91. The zero-order chi connectivity index (χ0) is 7.66. The number of nitrogens with zero attached hydrogens (tertiary/aromatic N) is 1. The van der Waals surface area contributed by atoms with Gasteiger partial charge < -0.3 is 0 Å². The lowest BCUT2D eigenvalue weighted by atomic mass is 10.3. The summed E-state index contributed by atoms with van der Waals surface area (Å²) in [6.07, 6.45) is 10.7. The molecule has 0 unspecified atom stereocenters. The zero-order valence-corrected chi connectivity index (χ0v) is 6.38. The van der Waals surface area contributed by atoms with E-state index in [0.717, 1.165) is 12.8 Å². The van der Waals surface area contributed by atoms with Crippen LogP contribution >= 0.6 is 0 Å². The molecule has 0 atom stereocenters. The van der Waals surface area contributed by atoms with Gasteiger partial charge in [0.05, 0.1) is 6.07 Å². The lowest BCUT2D eigenvalue weighted by Gasteiger charge is -1.78. The van der Waals surface area contributed by atoms with Crippen molar-refractivity contribution in [3.05, 3.63) is 24.3 Å². The first kappa shape index (κ1) is 8.97. The first-order valence-corrected chi connectivity index (χ1v) is 3.60. The van der Waals surface area contributed by atoms with Gasteiger partial charge in [0.25, 0.3) is 0 Å². The van der Waals surface area contributed by atoms with E-state index in [2.05, 4.69) is 19.1 Å². The van der Waals surface area contributed by atoms with Crippen LogP contribution in [0.3, 0.4) is 0 Å². The maximum absolute atomic E-state index is 8.17. The SMILES string of the molecule is CC/C=C/C=C/CCC#N. The lowest BCUT2D eigenvalue weighted by molar-refractivity contribution is 1.06. The monoisotopic (exact) mass is 135 g/mol. The van der Waals surface area contributed by atoms with Gasteiger partial charge in [-0.25, -0.2) is 0 Å². The second-order valence-electron chi connectivity index (χ2n) is 1.96. The average molecular weight is 135 g/mol. The van der Waals surface area contributed by atoms with Crippen molar-refractivity contribution < 1.29 is 0 Å². The first-order valence-electron chi connectivity index (χ1n) is 3.60. The Labute approximate surface area is 62.7 Å². The number of hydrogen-bond acceptors (Lipinski definition) is 1. The van der Waals surface area contributed by atoms with Crippen molar-refractivity contribution >= 4 is 0 Å². The van der Waals surface area contributed by atoms with E-state index in [0.29, 0.717) is 6.42 Å². The van der Waals surface area contributed by atoms with Crippen LogP contribution in [0.25, 0.3) is 0 Å². The molecule has 0 saturated carbocycles. The molecule has 0 aliphatic heterocycles. The van der Waals surface area contributed by atoms with Gasteiger partial charge in [-0.1, -0.05) is 31.2 Å². The molecule has 1 nitrogen and oxygen atoms in total. The second kappa shape index (κ2) is 7.97. The molecule has 10 heavy (non-hydrogen) atoms. The van der Waals surface area contributed by atoms with Crippen LogP contribution in [-0.2, 0) is 0 Å². The number of hydrogen-bond donors (Lipinski definition) is 0. The number of nitriles is 1. The molecule has 0 aromatic heterocycles. The molecule has 0 aromatic rings. The summed E-state index contributed by atoms with van der Waals surface area (Å²) in [6, 6.07) is 2.08. The highest BCUT2D eigenvalue weighted by molar-refractivity contribution is 5.02. The lowest BCUT2D eigenvalue weighted by Crippen LogP contribution is -1.61. The summed E-state index contributed by atoms with van der Waals surface area (Å²) in [6.45, 7) is 2.10. The zero-order valence-electron chi connectivity index (χ0n) is 6.38. The Bertz CT molecular complexity index is 149. The molecule has 0 amide bonds. The molecular formula is C9H13N. The molecule has 1 heteroatoms. The van der Waals surface area contributed by atoms with Gasteiger partial charge in [0.2, 0.25) is 0 Å². The average Bonchev–Trinajstić information content (AvgIpc) is 1.97. The van der Waals surface area contributed by atoms with E-state index in [4.69, 9.17) is 5.26 Å². The summed E-state index contributed by atoms with van der Waals surface area (Å²) in [5.41, 5.74) is 0. The number of unbranched alkanes of at least 4 members (excludes halogenated alkanes) is 1. The van der Waals surface area contributed by atoms with Gasteiger partial charge in [-0.2, -0.15) is 5.26 Å². The van der Waals surface area contributed by atoms with E-state index in [9.17, 15) is 0 Å². The molecule has 0 rings (SSSR count). The van der Waals surface area contributed by atoms with Gasteiger partial charge in [0, 0.05) is 6.42 Å². The van der Waals surface area contributed by atoms with Crippen LogP contribution in [0.5, 0.6) is 0 Å². The summed E-state index contributed by atoms with van der Waals surface area (Å²) in [7, 11) is 0. The summed E-state index contributed by atoms with van der Waals surface area (Å²) >= 11 is 0. The second-order valence-corrected chi connectivity index (χ2v) is 1.96. The molecule has 54 valence electrons.